The van der Waals surface area contributed by atoms with Crippen molar-refractivity contribution in [3.8, 4) is 11.1 Å². The fraction of sp³-hybridized carbons (Fsp3) is 0.231. The molecule has 5 N–H and O–H groups in total. The number of halogens is 3. The number of benzene rings is 1. The maximum Gasteiger partial charge on any atom is 0.400 e. The quantitative estimate of drug-likeness (QED) is 0.210. The maximum absolute atomic E-state index is 13.0. The van der Waals surface area contributed by atoms with Gasteiger partial charge in [0.15, 0.2) is 0 Å². The van der Waals surface area contributed by atoms with Crippen LogP contribution in [0.2, 0.25) is 0 Å². The van der Waals surface area contributed by atoms with Gasteiger partial charge < -0.3 is 16.2 Å². The number of hydrogen-bond donors (Lipinski definition) is 4. The number of nitrogens with zero attached hydrogens (tertiary/aromatic N) is 3. The topological polar surface area (TPSA) is 130 Å². The molecule has 1 aromatic carbocycles. The van der Waals surface area contributed by atoms with E-state index in [0.717, 1.165) is 30.5 Å². The lowest BCUT2D eigenvalue weighted by Gasteiger charge is -2.26. The van der Waals surface area contributed by atoms with Crippen LogP contribution in [0.3, 0.4) is 0 Å². The molecule has 194 valence electrons. The molecule has 0 radical (unpaired) electrons. The minimum Gasteiger partial charge on any atom is -0.511 e. The monoisotopic (exact) mass is 512 g/mol. The number of aryl methyl sites for hydroxylation is 1. The molecule has 3 aromatic rings. The van der Waals surface area contributed by atoms with Gasteiger partial charge in [-0.15, -0.1) is 0 Å². The Hall–Kier alpha value is -4.41. The van der Waals surface area contributed by atoms with Crippen LogP contribution in [0.15, 0.2) is 73.0 Å². The number of aliphatic hydroxyl groups is 1. The average molecular weight is 513 g/mol. The Morgan fingerprint density at radius 3 is 2.32 bits per heavy atom. The van der Waals surface area contributed by atoms with E-state index in [-0.39, 0.29) is 6.42 Å². The van der Waals surface area contributed by atoms with Crippen LogP contribution in [0.5, 0.6) is 0 Å². The largest absolute Gasteiger partial charge is 0.511 e. The molecule has 0 saturated heterocycles. The fourth-order valence-corrected chi connectivity index (χ4v) is 3.30. The molecule has 0 fully saturated rings. The number of pyridine rings is 1. The zero-order valence-electron chi connectivity index (χ0n) is 20.5. The summed E-state index contributed by atoms with van der Waals surface area (Å²) in [5.74, 6) is -2.34. The Labute approximate surface area is 211 Å². The summed E-state index contributed by atoms with van der Waals surface area (Å²) in [6.07, 6.45) is 2.54. The molecular weight excluding hydrogens is 485 g/mol. The molecule has 2 aromatic heterocycles. The number of rotatable bonds is 7. The predicted octanol–water partition coefficient (Wildman–Crippen LogP) is 4.50. The van der Waals surface area contributed by atoms with Gasteiger partial charge in [-0.2, -0.15) is 18.3 Å². The molecule has 11 heteroatoms. The van der Waals surface area contributed by atoms with Crippen LogP contribution >= 0.6 is 0 Å². The van der Waals surface area contributed by atoms with E-state index in [1.54, 1.807) is 41.3 Å². The summed E-state index contributed by atoms with van der Waals surface area (Å²) in [4.78, 5) is 16.8. The Kier molecular flexibility index (Phi) is 7.85. The Morgan fingerprint density at radius 1 is 1.14 bits per heavy atom. The van der Waals surface area contributed by atoms with Crippen LogP contribution in [0.1, 0.15) is 30.7 Å². The van der Waals surface area contributed by atoms with Crippen molar-refractivity contribution < 1.29 is 23.1 Å². The second kappa shape index (κ2) is 10.7. The number of allylic oxidation sites excluding steroid dienone is 1. The maximum atomic E-state index is 13.0. The molecule has 0 aliphatic rings. The lowest BCUT2D eigenvalue weighted by atomic mass is 9.89. The first kappa shape index (κ1) is 27.2. The van der Waals surface area contributed by atoms with Gasteiger partial charge in [-0.25, -0.2) is 0 Å². The lowest BCUT2D eigenvalue weighted by Crippen LogP contribution is -2.36. The van der Waals surface area contributed by atoms with Crippen molar-refractivity contribution in [1.29, 1.82) is 5.41 Å². The van der Waals surface area contributed by atoms with E-state index in [1.807, 2.05) is 25.4 Å². The van der Waals surface area contributed by atoms with E-state index in [0.29, 0.717) is 22.9 Å². The third-order valence-electron chi connectivity index (χ3n) is 5.78. The zero-order chi connectivity index (χ0) is 27.4. The van der Waals surface area contributed by atoms with Crippen molar-refractivity contribution in [2.75, 3.05) is 0 Å². The van der Waals surface area contributed by atoms with E-state index < -0.39 is 29.1 Å². The number of amidine groups is 1. The number of amides is 1. The van der Waals surface area contributed by atoms with Gasteiger partial charge >= 0.3 is 6.18 Å². The molecule has 8 nitrogen and oxygen atoms in total. The number of carbonyl (C=O) groups excluding carboxylic acids is 1. The highest BCUT2D eigenvalue weighted by Gasteiger charge is 2.50. The SMILES string of the molecule is Cn1cc(-c2ccc(C(=CN)c3ccc(CC(=O)NC(=N)/C=C(\O)C(C)(C)C(F)(F)F)cc3)nc2)cn1. The second-order valence-electron chi connectivity index (χ2n) is 8.90. The first-order valence-corrected chi connectivity index (χ1v) is 11.1. The van der Waals surface area contributed by atoms with Crippen LogP contribution in [0.4, 0.5) is 13.2 Å². The van der Waals surface area contributed by atoms with E-state index in [2.05, 4.69) is 15.4 Å². The summed E-state index contributed by atoms with van der Waals surface area (Å²) in [6.45, 7) is 1.56. The van der Waals surface area contributed by atoms with Gasteiger partial charge in [0, 0.05) is 48.4 Å². The minimum atomic E-state index is -4.71. The highest BCUT2D eigenvalue weighted by Crippen LogP contribution is 2.42. The number of carbonyl (C=O) groups is 1. The number of nitrogens with two attached hydrogens (primary N) is 1. The predicted molar refractivity (Wildman–Crippen MR) is 134 cm³/mol. The van der Waals surface area contributed by atoms with Crippen molar-refractivity contribution in [3.05, 3.63) is 89.8 Å². The van der Waals surface area contributed by atoms with E-state index in [1.165, 1.54) is 6.20 Å². The van der Waals surface area contributed by atoms with Crippen molar-refractivity contribution in [2.45, 2.75) is 26.4 Å². The molecule has 3 rings (SSSR count). The third-order valence-corrected chi connectivity index (χ3v) is 5.78. The number of hydrogen-bond acceptors (Lipinski definition) is 6. The van der Waals surface area contributed by atoms with Crippen LogP contribution < -0.4 is 11.1 Å². The van der Waals surface area contributed by atoms with Gasteiger partial charge in [0.1, 0.15) is 17.0 Å². The number of nitrogens with one attached hydrogen (secondary N) is 2. The van der Waals surface area contributed by atoms with E-state index >= 15 is 0 Å². The third kappa shape index (κ3) is 6.43. The van der Waals surface area contributed by atoms with Crippen molar-refractivity contribution in [3.63, 3.8) is 0 Å². The molecule has 37 heavy (non-hydrogen) atoms. The normalized spacial score (nSPS) is 12.9. The van der Waals surface area contributed by atoms with Gasteiger partial charge in [-0.05, 0) is 31.0 Å². The molecular formula is C26H27F3N6O2. The minimum absolute atomic E-state index is 0.125. The molecule has 1 amide bonds. The molecule has 0 aliphatic carbocycles. The van der Waals surface area contributed by atoms with Gasteiger partial charge in [0.25, 0.3) is 0 Å². The average Bonchev–Trinajstić information content (AvgIpc) is 3.26. The summed E-state index contributed by atoms with van der Waals surface area (Å²) in [6, 6.07) is 10.7. The summed E-state index contributed by atoms with van der Waals surface area (Å²) in [5, 5.41) is 23.8. The standard InChI is InChI=1S/C26H27F3N6O2/c1-25(2,26(27,28)29)22(36)11-23(31)34-24(37)10-16-4-6-17(7-5-16)20(12-30)21-9-8-18(13-32-21)19-14-33-35(3)15-19/h4-9,11-15,36H,10,30H2,1-3H3,(H2,31,34,37)/b20-12?,22-11-. The van der Waals surface area contributed by atoms with Gasteiger partial charge in [-0.1, -0.05) is 30.3 Å². The van der Waals surface area contributed by atoms with Gasteiger partial charge in [0.2, 0.25) is 5.91 Å². The van der Waals surface area contributed by atoms with Gasteiger partial charge in [0.05, 0.1) is 18.3 Å². The van der Waals surface area contributed by atoms with Gasteiger partial charge in [-0.3, -0.25) is 19.9 Å². The molecule has 0 spiro atoms. The lowest BCUT2D eigenvalue weighted by molar-refractivity contribution is -0.206. The van der Waals surface area contributed by atoms with Crippen LogP contribution in [-0.2, 0) is 18.3 Å². The van der Waals surface area contributed by atoms with Crippen LogP contribution in [0.25, 0.3) is 16.7 Å². The molecule has 0 atom stereocenters. The molecule has 0 bridgehead atoms. The van der Waals surface area contributed by atoms with Crippen molar-refractivity contribution >= 4 is 17.3 Å². The fourth-order valence-electron chi connectivity index (χ4n) is 3.30. The summed E-state index contributed by atoms with van der Waals surface area (Å²) in [7, 11) is 1.83. The van der Waals surface area contributed by atoms with E-state index in [4.69, 9.17) is 11.1 Å². The molecule has 2 heterocycles. The van der Waals surface area contributed by atoms with Crippen LogP contribution in [-0.4, -0.2) is 37.8 Å². The van der Waals surface area contributed by atoms with E-state index in [9.17, 15) is 23.1 Å². The number of aromatic nitrogens is 3. The molecule has 0 aliphatic heterocycles. The second-order valence-corrected chi connectivity index (χ2v) is 8.90. The van der Waals surface area contributed by atoms with Crippen molar-refractivity contribution in [1.82, 2.24) is 20.1 Å². The first-order chi connectivity index (χ1) is 17.3. The summed E-state index contributed by atoms with van der Waals surface area (Å²) < 4.78 is 40.8. The summed E-state index contributed by atoms with van der Waals surface area (Å²) in [5.41, 5.74) is 7.86. The zero-order valence-corrected chi connectivity index (χ0v) is 20.5. The Bertz CT molecular complexity index is 1340. The highest BCUT2D eigenvalue weighted by atomic mass is 19.4. The number of alkyl halides is 3. The molecule has 0 saturated carbocycles. The number of aliphatic hydroxyl groups excluding tert-OH is 1. The van der Waals surface area contributed by atoms with Crippen molar-refractivity contribution in [2.24, 2.45) is 18.2 Å². The smallest absolute Gasteiger partial charge is 0.400 e. The highest BCUT2D eigenvalue weighted by molar-refractivity contribution is 6.03. The molecule has 0 unspecified atom stereocenters. The summed E-state index contributed by atoms with van der Waals surface area (Å²) >= 11 is 0. The Balaban J connectivity index is 1.64. The first-order valence-electron chi connectivity index (χ1n) is 11.1. The Morgan fingerprint density at radius 2 is 1.81 bits per heavy atom. The van der Waals surface area contributed by atoms with Crippen LogP contribution in [0, 0.1) is 10.8 Å².